The fraction of sp³-hybridized carbons (Fsp3) is 0.125. The lowest BCUT2D eigenvalue weighted by Gasteiger charge is -2.08. The first-order valence-electron chi connectivity index (χ1n) is 6.61. The number of halogens is 1. The molecule has 0 atom stereocenters. The Morgan fingerprint density at radius 3 is 2.90 bits per heavy atom. The third-order valence-electron chi connectivity index (χ3n) is 3.11. The third-order valence-corrected chi connectivity index (χ3v) is 3.11. The molecule has 106 valence electrons. The van der Waals surface area contributed by atoms with E-state index in [1.54, 1.807) is 23.0 Å². The van der Waals surface area contributed by atoms with E-state index in [0.29, 0.717) is 34.9 Å². The van der Waals surface area contributed by atoms with Crippen molar-refractivity contribution in [3.63, 3.8) is 0 Å². The summed E-state index contributed by atoms with van der Waals surface area (Å²) in [4.78, 5) is 8.59. The van der Waals surface area contributed by atoms with E-state index in [-0.39, 0.29) is 5.82 Å². The minimum Gasteiger partial charge on any atom is -0.492 e. The van der Waals surface area contributed by atoms with E-state index in [2.05, 4.69) is 16.5 Å². The molecule has 2 aromatic heterocycles. The van der Waals surface area contributed by atoms with Crippen LogP contribution in [0, 0.1) is 5.82 Å². The standard InChI is InChI=1S/C16H14FN3O/c1-3-21-11(2)13-7-5-9-15(19-13)20-10-18-16-12(17)6-4-8-14(16)20/h4-10H,2-3H2,1H3. The highest BCUT2D eigenvalue weighted by Crippen LogP contribution is 2.20. The lowest BCUT2D eigenvalue weighted by Crippen LogP contribution is -2.00. The second-order valence-corrected chi connectivity index (χ2v) is 4.46. The zero-order chi connectivity index (χ0) is 14.8. The fourth-order valence-corrected chi connectivity index (χ4v) is 2.15. The van der Waals surface area contributed by atoms with Crippen molar-refractivity contribution in [2.45, 2.75) is 6.92 Å². The Bertz CT molecular complexity index is 810. The summed E-state index contributed by atoms with van der Waals surface area (Å²) in [5.41, 5.74) is 1.64. The van der Waals surface area contributed by atoms with E-state index in [4.69, 9.17) is 4.74 Å². The molecular weight excluding hydrogens is 269 g/mol. The van der Waals surface area contributed by atoms with Gasteiger partial charge >= 0.3 is 0 Å². The molecule has 0 aliphatic carbocycles. The predicted octanol–water partition coefficient (Wildman–Crippen LogP) is 3.57. The number of pyridine rings is 1. The number of hydrogen-bond acceptors (Lipinski definition) is 3. The van der Waals surface area contributed by atoms with Crippen LogP contribution in [0.5, 0.6) is 0 Å². The van der Waals surface area contributed by atoms with Crippen molar-refractivity contribution in [3.05, 3.63) is 60.8 Å². The van der Waals surface area contributed by atoms with Crippen molar-refractivity contribution in [1.29, 1.82) is 0 Å². The maximum absolute atomic E-state index is 13.7. The van der Waals surface area contributed by atoms with E-state index in [0.717, 1.165) is 0 Å². The topological polar surface area (TPSA) is 39.9 Å². The van der Waals surface area contributed by atoms with E-state index in [9.17, 15) is 4.39 Å². The van der Waals surface area contributed by atoms with Crippen molar-refractivity contribution >= 4 is 16.8 Å². The summed E-state index contributed by atoms with van der Waals surface area (Å²) in [6.07, 6.45) is 1.56. The molecule has 4 nitrogen and oxygen atoms in total. The Hall–Kier alpha value is -2.69. The normalized spacial score (nSPS) is 10.8. The van der Waals surface area contributed by atoms with E-state index in [1.165, 1.54) is 6.07 Å². The van der Waals surface area contributed by atoms with Crippen LogP contribution in [0.4, 0.5) is 4.39 Å². The summed E-state index contributed by atoms with van der Waals surface area (Å²) in [5.74, 6) is 0.803. The highest BCUT2D eigenvalue weighted by atomic mass is 19.1. The third kappa shape index (κ3) is 2.38. The zero-order valence-corrected chi connectivity index (χ0v) is 11.6. The van der Waals surface area contributed by atoms with Crippen molar-refractivity contribution in [2.75, 3.05) is 6.61 Å². The first kappa shape index (κ1) is 13.3. The Labute approximate surface area is 121 Å². The Kier molecular flexibility index (Phi) is 3.39. The van der Waals surface area contributed by atoms with Gasteiger partial charge in [0, 0.05) is 0 Å². The van der Waals surface area contributed by atoms with Gasteiger partial charge in [0.05, 0.1) is 12.1 Å². The summed E-state index contributed by atoms with van der Waals surface area (Å²) in [7, 11) is 0. The average Bonchev–Trinajstić information content (AvgIpc) is 2.93. The van der Waals surface area contributed by atoms with Gasteiger partial charge in [0.15, 0.2) is 5.82 Å². The fourth-order valence-electron chi connectivity index (χ4n) is 2.15. The molecule has 21 heavy (non-hydrogen) atoms. The number of para-hydroxylation sites is 1. The molecule has 3 rings (SSSR count). The number of hydrogen-bond donors (Lipinski definition) is 0. The molecular formula is C16H14FN3O. The molecule has 0 radical (unpaired) electrons. The molecule has 3 aromatic rings. The van der Waals surface area contributed by atoms with Crippen molar-refractivity contribution < 1.29 is 9.13 Å². The molecule has 0 unspecified atom stereocenters. The maximum atomic E-state index is 13.7. The highest BCUT2D eigenvalue weighted by Gasteiger charge is 2.10. The highest BCUT2D eigenvalue weighted by molar-refractivity contribution is 5.77. The van der Waals surface area contributed by atoms with Crippen LogP contribution in [0.1, 0.15) is 12.6 Å². The number of ether oxygens (including phenoxy) is 1. The Morgan fingerprint density at radius 2 is 2.10 bits per heavy atom. The first-order valence-corrected chi connectivity index (χ1v) is 6.61. The maximum Gasteiger partial charge on any atom is 0.151 e. The monoisotopic (exact) mass is 283 g/mol. The molecule has 0 amide bonds. The van der Waals surface area contributed by atoms with E-state index in [1.807, 2.05) is 25.1 Å². The number of rotatable bonds is 4. The SMILES string of the molecule is C=C(OCC)c1cccc(-n2cnc3c(F)cccc32)n1. The number of fused-ring (bicyclic) bond motifs is 1. The zero-order valence-electron chi connectivity index (χ0n) is 11.6. The lowest BCUT2D eigenvalue weighted by atomic mass is 10.3. The minimum absolute atomic E-state index is 0.327. The van der Waals surface area contributed by atoms with Gasteiger partial charge < -0.3 is 4.74 Å². The molecule has 0 saturated heterocycles. The van der Waals surface area contributed by atoms with E-state index >= 15 is 0 Å². The molecule has 5 heteroatoms. The quantitative estimate of drug-likeness (QED) is 0.687. The summed E-state index contributed by atoms with van der Waals surface area (Å²) in [6.45, 7) is 6.27. The molecule has 0 spiro atoms. The van der Waals surface area contributed by atoms with Crippen LogP contribution in [0.2, 0.25) is 0 Å². The van der Waals surface area contributed by atoms with Crippen molar-refractivity contribution in [2.24, 2.45) is 0 Å². The van der Waals surface area contributed by atoms with Gasteiger partial charge in [-0.3, -0.25) is 4.57 Å². The molecule has 0 saturated carbocycles. The minimum atomic E-state index is -0.346. The molecule has 0 aliphatic heterocycles. The van der Waals surface area contributed by atoms with Gasteiger partial charge in [-0.2, -0.15) is 0 Å². The van der Waals surface area contributed by atoms with Gasteiger partial charge in [0.2, 0.25) is 0 Å². The van der Waals surface area contributed by atoms with Crippen LogP contribution in [-0.4, -0.2) is 21.1 Å². The molecule has 0 fully saturated rings. The number of aromatic nitrogens is 3. The van der Waals surface area contributed by atoms with E-state index < -0.39 is 0 Å². The van der Waals surface area contributed by atoms with Gasteiger partial charge in [0.25, 0.3) is 0 Å². The second kappa shape index (κ2) is 5.36. The summed E-state index contributed by atoms with van der Waals surface area (Å²) >= 11 is 0. The predicted molar refractivity (Wildman–Crippen MR) is 79.5 cm³/mol. The first-order chi connectivity index (χ1) is 10.2. The molecule has 0 N–H and O–H groups in total. The van der Waals surface area contributed by atoms with Crippen LogP contribution in [0.3, 0.4) is 0 Å². The van der Waals surface area contributed by atoms with Gasteiger partial charge in [-0.25, -0.2) is 14.4 Å². The number of nitrogens with zero attached hydrogens (tertiary/aromatic N) is 3. The lowest BCUT2D eigenvalue weighted by molar-refractivity contribution is 0.298. The average molecular weight is 283 g/mol. The van der Waals surface area contributed by atoms with Crippen LogP contribution < -0.4 is 0 Å². The van der Waals surface area contributed by atoms with Crippen LogP contribution >= 0.6 is 0 Å². The smallest absolute Gasteiger partial charge is 0.151 e. The summed E-state index contributed by atoms with van der Waals surface area (Å²) < 4.78 is 20.8. The second-order valence-electron chi connectivity index (χ2n) is 4.46. The molecule has 0 bridgehead atoms. The van der Waals surface area contributed by atoms with Crippen LogP contribution in [0.15, 0.2) is 49.3 Å². The van der Waals surface area contributed by atoms with Crippen molar-refractivity contribution in [3.8, 4) is 5.82 Å². The summed E-state index contributed by atoms with van der Waals surface area (Å²) in [6, 6.07) is 10.3. The van der Waals surface area contributed by atoms with Gasteiger partial charge in [-0.15, -0.1) is 0 Å². The van der Waals surface area contributed by atoms with Crippen LogP contribution in [0.25, 0.3) is 22.6 Å². The van der Waals surface area contributed by atoms with Crippen molar-refractivity contribution in [1.82, 2.24) is 14.5 Å². The van der Waals surface area contributed by atoms with Gasteiger partial charge in [0.1, 0.15) is 29.1 Å². The van der Waals surface area contributed by atoms with Gasteiger partial charge in [-0.1, -0.05) is 18.7 Å². The number of benzene rings is 1. The Morgan fingerprint density at radius 1 is 1.29 bits per heavy atom. The number of imidazole rings is 1. The molecule has 0 aliphatic rings. The molecule has 2 heterocycles. The Balaban J connectivity index is 2.09. The molecule has 1 aromatic carbocycles. The summed E-state index contributed by atoms with van der Waals surface area (Å²) in [5, 5.41) is 0. The largest absolute Gasteiger partial charge is 0.492 e. The van der Waals surface area contributed by atoms with Crippen LogP contribution in [-0.2, 0) is 4.74 Å². The van der Waals surface area contributed by atoms with Gasteiger partial charge in [-0.05, 0) is 31.2 Å².